The molecule has 0 fully saturated rings. The smallest absolute Gasteiger partial charge is 0.131 e. The van der Waals surface area contributed by atoms with E-state index in [2.05, 4.69) is 23.4 Å². The fourth-order valence-electron chi connectivity index (χ4n) is 2.02. The molecule has 0 bridgehead atoms. The largest absolute Gasteiger partial charge is 0.383 e. The summed E-state index contributed by atoms with van der Waals surface area (Å²) in [6, 6.07) is 10.4. The first kappa shape index (κ1) is 10.7. The maximum atomic E-state index is 6.14. The third-order valence-electron chi connectivity index (χ3n) is 2.69. The maximum absolute atomic E-state index is 6.14. The SMILES string of the molecule is Cc1nc(-c2ccccc2)c(N)n1C(C)C. The second kappa shape index (κ2) is 4.00. The highest BCUT2D eigenvalue weighted by atomic mass is 15.2. The van der Waals surface area contributed by atoms with Crippen LogP contribution >= 0.6 is 0 Å². The average Bonchev–Trinajstić information content (AvgIpc) is 2.55. The second-order valence-electron chi connectivity index (χ2n) is 4.22. The van der Waals surface area contributed by atoms with Gasteiger partial charge in [-0.15, -0.1) is 0 Å². The van der Waals surface area contributed by atoms with E-state index in [4.69, 9.17) is 5.73 Å². The lowest BCUT2D eigenvalue weighted by molar-refractivity contribution is 0.590. The molecule has 2 rings (SSSR count). The van der Waals surface area contributed by atoms with Gasteiger partial charge in [0.05, 0.1) is 0 Å². The van der Waals surface area contributed by atoms with Crippen LogP contribution in [0.5, 0.6) is 0 Å². The number of aryl methyl sites for hydroxylation is 1. The highest BCUT2D eigenvalue weighted by molar-refractivity contribution is 5.70. The Morgan fingerprint density at radius 3 is 2.31 bits per heavy atom. The molecule has 0 radical (unpaired) electrons. The number of imidazole rings is 1. The summed E-state index contributed by atoms with van der Waals surface area (Å²) in [7, 11) is 0. The number of nitrogens with two attached hydrogens (primary N) is 1. The van der Waals surface area contributed by atoms with Crippen LogP contribution in [0.4, 0.5) is 5.82 Å². The quantitative estimate of drug-likeness (QED) is 0.836. The summed E-state index contributed by atoms with van der Waals surface area (Å²) < 4.78 is 2.06. The molecule has 3 nitrogen and oxygen atoms in total. The first-order valence-corrected chi connectivity index (χ1v) is 5.51. The van der Waals surface area contributed by atoms with E-state index in [1.165, 1.54) is 0 Å². The fourth-order valence-corrected chi connectivity index (χ4v) is 2.02. The second-order valence-corrected chi connectivity index (χ2v) is 4.22. The van der Waals surface area contributed by atoms with E-state index in [1.54, 1.807) is 0 Å². The molecule has 0 atom stereocenters. The molecule has 1 aromatic carbocycles. The Labute approximate surface area is 95.9 Å². The zero-order valence-corrected chi connectivity index (χ0v) is 9.94. The standard InChI is InChI=1S/C13H17N3/c1-9(2)16-10(3)15-12(13(16)14)11-7-5-4-6-8-11/h4-9H,14H2,1-3H3. The third kappa shape index (κ3) is 1.69. The zero-order chi connectivity index (χ0) is 11.7. The van der Waals surface area contributed by atoms with Crippen molar-refractivity contribution in [1.29, 1.82) is 0 Å². The first-order valence-electron chi connectivity index (χ1n) is 5.51. The normalized spacial score (nSPS) is 11.0. The molecule has 0 saturated heterocycles. The van der Waals surface area contributed by atoms with Crippen molar-refractivity contribution in [3.63, 3.8) is 0 Å². The third-order valence-corrected chi connectivity index (χ3v) is 2.69. The molecule has 2 N–H and O–H groups in total. The van der Waals surface area contributed by atoms with E-state index in [1.807, 2.05) is 37.3 Å². The van der Waals surface area contributed by atoms with Crippen LogP contribution in [0.15, 0.2) is 30.3 Å². The number of nitrogens with zero attached hydrogens (tertiary/aromatic N) is 2. The summed E-state index contributed by atoms with van der Waals surface area (Å²) in [5.41, 5.74) is 8.09. The van der Waals surface area contributed by atoms with Crippen LogP contribution in [-0.2, 0) is 0 Å². The van der Waals surface area contributed by atoms with Gasteiger partial charge in [0.25, 0.3) is 0 Å². The Morgan fingerprint density at radius 2 is 1.81 bits per heavy atom. The lowest BCUT2D eigenvalue weighted by Gasteiger charge is -2.11. The molecule has 0 aliphatic rings. The number of anilines is 1. The van der Waals surface area contributed by atoms with Crippen molar-refractivity contribution in [3.05, 3.63) is 36.2 Å². The first-order chi connectivity index (χ1) is 7.61. The number of nitrogen functional groups attached to an aromatic ring is 1. The molecular weight excluding hydrogens is 198 g/mol. The number of aromatic nitrogens is 2. The molecule has 84 valence electrons. The van der Waals surface area contributed by atoms with Crippen LogP contribution < -0.4 is 5.73 Å². The molecular formula is C13H17N3. The Bertz CT molecular complexity index is 483. The summed E-state index contributed by atoms with van der Waals surface area (Å²) >= 11 is 0. The van der Waals surface area contributed by atoms with Crippen LogP contribution in [0, 0.1) is 6.92 Å². The van der Waals surface area contributed by atoms with Gasteiger partial charge in [0.15, 0.2) is 0 Å². The summed E-state index contributed by atoms with van der Waals surface area (Å²) in [6.07, 6.45) is 0. The van der Waals surface area contributed by atoms with Crippen LogP contribution in [0.1, 0.15) is 25.7 Å². The highest BCUT2D eigenvalue weighted by Crippen LogP contribution is 2.28. The molecule has 3 heteroatoms. The summed E-state index contributed by atoms with van der Waals surface area (Å²) in [5, 5.41) is 0. The number of rotatable bonds is 2. The highest BCUT2D eigenvalue weighted by Gasteiger charge is 2.14. The minimum Gasteiger partial charge on any atom is -0.383 e. The summed E-state index contributed by atoms with van der Waals surface area (Å²) in [4.78, 5) is 4.54. The molecule has 0 aliphatic heterocycles. The Hall–Kier alpha value is -1.77. The monoisotopic (exact) mass is 215 g/mol. The number of hydrogen-bond acceptors (Lipinski definition) is 2. The van der Waals surface area contributed by atoms with E-state index >= 15 is 0 Å². The van der Waals surface area contributed by atoms with Crippen molar-refractivity contribution in [1.82, 2.24) is 9.55 Å². The Balaban J connectivity index is 2.56. The summed E-state index contributed by atoms with van der Waals surface area (Å²) in [6.45, 7) is 6.21. The molecule has 0 spiro atoms. The van der Waals surface area contributed by atoms with Crippen molar-refractivity contribution < 1.29 is 0 Å². The average molecular weight is 215 g/mol. The van der Waals surface area contributed by atoms with Crippen LogP contribution in [0.25, 0.3) is 11.3 Å². The van der Waals surface area contributed by atoms with Crippen LogP contribution in [0.3, 0.4) is 0 Å². The van der Waals surface area contributed by atoms with E-state index in [9.17, 15) is 0 Å². The molecule has 0 saturated carbocycles. The minimum atomic E-state index is 0.338. The van der Waals surface area contributed by atoms with Gasteiger partial charge in [-0.1, -0.05) is 30.3 Å². The molecule has 0 unspecified atom stereocenters. The number of benzene rings is 1. The van der Waals surface area contributed by atoms with Crippen LogP contribution in [0.2, 0.25) is 0 Å². The van der Waals surface area contributed by atoms with Gasteiger partial charge in [0.1, 0.15) is 17.3 Å². The molecule has 2 aromatic rings. The van der Waals surface area contributed by atoms with Crippen molar-refractivity contribution in [2.24, 2.45) is 0 Å². The molecule has 16 heavy (non-hydrogen) atoms. The van der Waals surface area contributed by atoms with E-state index in [-0.39, 0.29) is 0 Å². The molecule has 1 aromatic heterocycles. The van der Waals surface area contributed by atoms with Gasteiger partial charge in [0.2, 0.25) is 0 Å². The predicted molar refractivity (Wildman–Crippen MR) is 67.2 cm³/mol. The minimum absolute atomic E-state index is 0.338. The molecule has 1 heterocycles. The lowest BCUT2D eigenvalue weighted by atomic mass is 10.1. The van der Waals surface area contributed by atoms with Crippen molar-refractivity contribution in [2.45, 2.75) is 26.8 Å². The van der Waals surface area contributed by atoms with Gasteiger partial charge in [-0.2, -0.15) is 0 Å². The summed E-state index contributed by atoms with van der Waals surface area (Å²) in [5.74, 6) is 1.71. The maximum Gasteiger partial charge on any atom is 0.131 e. The van der Waals surface area contributed by atoms with Crippen molar-refractivity contribution >= 4 is 5.82 Å². The van der Waals surface area contributed by atoms with Gasteiger partial charge in [-0.25, -0.2) is 4.98 Å². The van der Waals surface area contributed by atoms with E-state index in [0.717, 1.165) is 22.9 Å². The van der Waals surface area contributed by atoms with Gasteiger partial charge in [-0.05, 0) is 20.8 Å². The van der Waals surface area contributed by atoms with Crippen LogP contribution in [-0.4, -0.2) is 9.55 Å². The van der Waals surface area contributed by atoms with E-state index in [0.29, 0.717) is 6.04 Å². The van der Waals surface area contributed by atoms with Gasteiger partial charge in [0, 0.05) is 11.6 Å². The van der Waals surface area contributed by atoms with Gasteiger partial charge >= 0.3 is 0 Å². The van der Waals surface area contributed by atoms with E-state index < -0.39 is 0 Å². The predicted octanol–water partition coefficient (Wildman–Crippen LogP) is 3.02. The topological polar surface area (TPSA) is 43.8 Å². The molecule has 0 aliphatic carbocycles. The van der Waals surface area contributed by atoms with Crippen molar-refractivity contribution in [3.8, 4) is 11.3 Å². The zero-order valence-electron chi connectivity index (χ0n) is 9.94. The van der Waals surface area contributed by atoms with Gasteiger partial charge < -0.3 is 10.3 Å². The van der Waals surface area contributed by atoms with Crippen molar-refractivity contribution in [2.75, 3.05) is 5.73 Å². The Kier molecular flexibility index (Phi) is 2.69. The number of hydrogen-bond donors (Lipinski definition) is 1. The molecule has 0 amide bonds. The van der Waals surface area contributed by atoms with Gasteiger partial charge in [-0.3, -0.25) is 0 Å². The Morgan fingerprint density at radius 1 is 1.19 bits per heavy atom. The lowest BCUT2D eigenvalue weighted by Crippen LogP contribution is -2.07. The fraction of sp³-hybridized carbons (Fsp3) is 0.308.